The smallest absolute Gasteiger partial charge is 0.301 e. The van der Waals surface area contributed by atoms with Gasteiger partial charge in [-0.25, -0.2) is 9.97 Å². The highest BCUT2D eigenvalue weighted by Crippen LogP contribution is 2.29. The van der Waals surface area contributed by atoms with Gasteiger partial charge < -0.3 is 15.5 Å². The summed E-state index contributed by atoms with van der Waals surface area (Å²) in [5, 5.41) is 18.8. The lowest BCUT2D eigenvalue weighted by Gasteiger charge is -2.29. The Morgan fingerprint density at radius 3 is 2.66 bits per heavy atom. The van der Waals surface area contributed by atoms with Gasteiger partial charge in [0.2, 0.25) is 11.9 Å². The zero-order valence-corrected chi connectivity index (χ0v) is 20.6. The Bertz CT molecular complexity index is 1200. The second kappa shape index (κ2) is 11.3. The number of amides is 1. The van der Waals surface area contributed by atoms with Crippen molar-refractivity contribution in [3.05, 3.63) is 52.7 Å². The van der Waals surface area contributed by atoms with Gasteiger partial charge in [-0.05, 0) is 49.8 Å². The Labute approximate surface area is 208 Å². The van der Waals surface area contributed by atoms with Crippen molar-refractivity contribution in [3.8, 4) is 0 Å². The zero-order valence-electron chi connectivity index (χ0n) is 19.8. The number of nitro groups is 1. The molecule has 2 aromatic heterocycles. The standard InChI is InChI=1S/C24H29N7O3S/c1-30(2)22-18-6-3-4-7-19(18)28-24(29-22)27-17-11-9-16(10-12-17)14-26-21(32)15-35-23-20(31(33)34)8-5-13-25-23/h3-8,13,16-17H,9-12,14-15H2,1-2H3,(H,26,32)(H,27,28,29)/t16-,17+. The fourth-order valence-electron chi connectivity index (χ4n) is 4.23. The summed E-state index contributed by atoms with van der Waals surface area (Å²) in [6.45, 7) is 0.605. The first-order valence-corrected chi connectivity index (χ1v) is 12.6. The molecule has 3 aromatic rings. The van der Waals surface area contributed by atoms with Crippen LogP contribution in [0.15, 0.2) is 47.6 Å². The van der Waals surface area contributed by atoms with E-state index in [0.29, 0.717) is 24.5 Å². The highest BCUT2D eigenvalue weighted by Gasteiger charge is 2.23. The topological polar surface area (TPSA) is 126 Å². The summed E-state index contributed by atoms with van der Waals surface area (Å²) in [4.78, 5) is 38.3. The van der Waals surface area contributed by atoms with Crippen LogP contribution in [-0.2, 0) is 4.79 Å². The number of hydrogen-bond donors (Lipinski definition) is 2. The van der Waals surface area contributed by atoms with Crippen molar-refractivity contribution in [2.45, 2.75) is 36.8 Å². The summed E-state index contributed by atoms with van der Waals surface area (Å²) >= 11 is 1.08. The van der Waals surface area contributed by atoms with Crippen LogP contribution in [0.4, 0.5) is 17.5 Å². The summed E-state index contributed by atoms with van der Waals surface area (Å²) in [6.07, 6.45) is 5.42. The third-order valence-corrected chi connectivity index (χ3v) is 7.06. The van der Waals surface area contributed by atoms with Crippen LogP contribution < -0.4 is 15.5 Å². The van der Waals surface area contributed by atoms with Crippen molar-refractivity contribution in [3.63, 3.8) is 0 Å². The number of fused-ring (bicyclic) bond motifs is 1. The lowest BCUT2D eigenvalue weighted by atomic mass is 9.86. The predicted molar refractivity (Wildman–Crippen MR) is 138 cm³/mol. The molecule has 2 N–H and O–H groups in total. The van der Waals surface area contributed by atoms with Gasteiger partial charge in [-0.2, -0.15) is 4.98 Å². The predicted octanol–water partition coefficient (Wildman–Crippen LogP) is 3.88. The van der Waals surface area contributed by atoms with E-state index >= 15 is 0 Å². The van der Waals surface area contributed by atoms with Gasteiger partial charge in [0.15, 0.2) is 5.03 Å². The van der Waals surface area contributed by atoms with E-state index in [1.54, 1.807) is 0 Å². The largest absolute Gasteiger partial charge is 0.362 e. The summed E-state index contributed by atoms with van der Waals surface area (Å²) in [6, 6.07) is 11.2. The molecule has 0 atom stereocenters. The zero-order chi connectivity index (χ0) is 24.8. The van der Waals surface area contributed by atoms with E-state index < -0.39 is 4.92 Å². The van der Waals surface area contributed by atoms with E-state index in [1.165, 1.54) is 18.3 Å². The minimum Gasteiger partial charge on any atom is -0.362 e. The maximum absolute atomic E-state index is 12.3. The molecule has 0 saturated heterocycles. The molecule has 1 fully saturated rings. The molecule has 0 spiro atoms. The first-order valence-electron chi connectivity index (χ1n) is 11.6. The van der Waals surface area contributed by atoms with Crippen molar-refractivity contribution in [2.75, 3.05) is 36.6 Å². The van der Waals surface area contributed by atoms with E-state index in [2.05, 4.69) is 15.6 Å². The third-order valence-electron chi connectivity index (χ3n) is 6.06. The van der Waals surface area contributed by atoms with E-state index in [1.807, 2.05) is 43.3 Å². The number of aromatic nitrogens is 3. The Hall–Kier alpha value is -3.47. The van der Waals surface area contributed by atoms with Crippen LogP contribution in [0.5, 0.6) is 0 Å². The van der Waals surface area contributed by atoms with E-state index in [9.17, 15) is 14.9 Å². The fraction of sp³-hybridized carbons (Fsp3) is 0.417. The number of hydrogen-bond acceptors (Lipinski definition) is 9. The van der Waals surface area contributed by atoms with Crippen molar-refractivity contribution in [2.24, 2.45) is 5.92 Å². The molecule has 2 heterocycles. The van der Waals surface area contributed by atoms with Gasteiger partial charge in [-0.15, -0.1) is 0 Å². The minimum atomic E-state index is -0.482. The van der Waals surface area contributed by atoms with E-state index in [0.717, 1.165) is 54.2 Å². The number of para-hydroxylation sites is 1. The number of rotatable bonds is 9. The van der Waals surface area contributed by atoms with Crippen molar-refractivity contribution >= 4 is 46.0 Å². The average molecular weight is 496 g/mol. The highest BCUT2D eigenvalue weighted by atomic mass is 32.2. The normalized spacial score (nSPS) is 17.7. The molecule has 0 unspecified atom stereocenters. The summed E-state index contributed by atoms with van der Waals surface area (Å²) in [5.74, 6) is 1.90. The number of nitrogens with one attached hydrogen (secondary N) is 2. The van der Waals surface area contributed by atoms with Gasteiger partial charge in [-0.1, -0.05) is 23.9 Å². The number of anilines is 2. The number of nitrogens with zero attached hydrogens (tertiary/aromatic N) is 5. The van der Waals surface area contributed by atoms with Crippen LogP contribution in [-0.4, -0.2) is 58.2 Å². The molecule has 10 nitrogen and oxygen atoms in total. The molecule has 35 heavy (non-hydrogen) atoms. The molecule has 4 rings (SSSR count). The average Bonchev–Trinajstić information content (AvgIpc) is 2.86. The number of benzene rings is 1. The SMILES string of the molecule is CN(C)c1nc(N[C@H]2CC[C@@H](CNC(=O)CSc3ncccc3[N+](=O)[O-])CC2)nc2ccccc12. The first-order chi connectivity index (χ1) is 16.9. The molecule has 1 aromatic carbocycles. The quantitative estimate of drug-likeness (QED) is 0.258. The molecule has 11 heteroatoms. The summed E-state index contributed by atoms with van der Waals surface area (Å²) < 4.78 is 0. The second-order valence-electron chi connectivity index (χ2n) is 8.82. The molecular formula is C24H29N7O3S. The molecule has 0 bridgehead atoms. The third kappa shape index (κ3) is 6.36. The second-order valence-corrected chi connectivity index (χ2v) is 9.79. The lowest BCUT2D eigenvalue weighted by molar-refractivity contribution is -0.388. The summed E-state index contributed by atoms with van der Waals surface area (Å²) in [5.41, 5.74) is 0.836. The Morgan fingerprint density at radius 2 is 1.91 bits per heavy atom. The van der Waals surface area contributed by atoms with E-state index in [4.69, 9.17) is 9.97 Å². The van der Waals surface area contributed by atoms with Crippen molar-refractivity contribution in [1.29, 1.82) is 0 Å². The van der Waals surface area contributed by atoms with Crippen molar-refractivity contribution < 1.29 is 9.72 Å². The van der Waals surface area contributed by atoms with Gasteiger partial charge in [0.05, 0.1) is 16.2 Å². The minimum absolute atomic E-state index is 0.0794. The summed E-state index contributed by atoms with van der Waals surface area (Å²) in [7, 11) is 3.96. The highest BCUT2D eigenvalue weighted by molar-refractivity contribution is 8.00. The molecule has 1 aliphatic carbocycles. The van der Waals surface area contributed by atoms with Gasteiger partial charge in [0.1, 0.15) is 5.82 Å². The van der Waals surface area contributed by atoms with Crippen LogP contribution in [0, 0.1) is 16.0 Å². The fourth-order valence-corrected chi connectivity index (χ4v) is 5.03. The van der Waals surface area contributed by atoms with Gasteiger partial charge >= 0.3 is 5.69 Å². The van der Waals surface area contributed by atoms with Gasteiger partial charge in [-0.3, -0.25) is 14.9 Å². The van der Waals surface area contributed by atoms with E-state index in [-0.39, 0.29) is 22.4 Å². The van der Waals surface area contributed by atoms with Gasteiger partial charge in [0, 0.05) is 44.3 Å². The maximum Gasteiger partial charge on any atom is 0.301 e. The van der Waals surface area contributed by atoms with Crippen LogP contribution in [0.25, 0.3) is 10.9 Å². The number of carbonyl (C=O) groups is 1. The van der Waals surface area contributed by atoms with Crippen LogP contribution >= 0.6 is 11.8 Å². The molecule has 1 saturated carbocycles. The molecular weight excluding hydrogens is 466 g/mol. The monoisotopic (exact) mass is 495 g/mol. The molecule has 1 amide bonds. The Balaban J connectivity index is 1.24. The van der Waals surface area contributed by atoms with Crippen molar-refractivity contribution in [1.82, 2.24) is 20.3 Å². The molecule has 0 aliphatic heterocycles. The first kappa shape index (κ1) is 24.6. The van der Waals surface area contributed by atoms with Crippen LogP contribution in [0.2, 0.25) is 0 Å². The molecule has 1 aliphatic rings. The lowest BCUT2D eigenvalue weighted by Crippen LogP contribution is -2.35. The number of thioether (sulfide) groups is 1. The number of pyridine rings is 1. The molecule has 184 valence electrons. The Kier molecular flexibility index (Phi) is 7.96. The number of carbonyl (C=O) groups excluding carboxylic acids is 1. The van der Waals surface area contributed by atoms with Gasteiger partial charge in [0.25, 0.3) is 0 Å². The maximum atomic E-state index is 12.3. The van der Waals surface area contributed by atoms with Crippen LogP contribution in [0.1, 0.15) is 25.7 Å². The Morgan fingerprint density at radius 1 is 1.14 bits per heavy atom. The van der Waals surface area contributed by atoms with Crippen LogP contribution in [0.3, 0.4) is 0 Å². The molecule has 0 radical (unpaired) electrons.